The van der Waals surface area contributed by atoms with Gasteiger partial charge in [0.1, 0.15) is 11.6 Å². The Labute approximate surface area is 142 Å². The van der Waals surface area contributed by atoms with Crippen molar-refractivity contribution in [2.75, 3.05) is 11.1 Å². The first-order chi connectivity index (χ1) is 11.5. The van der Waals surface area contributed by atoms with Crippen LogP contribution in [0.5, 0.6) is 0 Å². The summed E-state index contributed by atoms with van der Waals surface area (Å²) in [6.45, 7) is 0. The van der Waals surface area contributed by atoms with E-state index in [1.165, 1.54) is 23.9 Å². The highest BCUT2D eigenvalue weighted by atomic mass is 32.2. The Balaban J connectivity index is 2.16. The number of benzene rings is 1. The predicted octanol–water partition coefficient (Wildman–Crippen LogP) is 2.12. The first-order valence-electron chi connectivity index (χ1n) is 7.23. The molecule has 2 heterocycles. The molecule has 7 heteroatoms. The van der Waals surface area contributed by atoms with Crippen molar-refractivity contribution in [2.24, 2.45) is 7.05 Å². The van der Waals surface area contributed by atoms with Crippen LogP contribution in [0.25, 0.3) is 0 Å². The van der Waals surface area contributed by atoms with Crippen molar-refractivity contribution in [3.63, 3.8) is 0 Å². The Bertz CT molecular complexity index is 917. The Kier molecular flexibility index (Phi) is 4.40. The fraction of sp³-hybridized carbons (Fsp3) is 0.235. The lowest BCUT2D eigenvalue weighted by Gasteiger charge is -2.27. The maximum absolute atomic E-state index is 13.6. The lowest BCUT2D eigenvalue weighted by Crippen LogP contribution is -2.33. The minimum absolute atomic E-state index is 0.0736. The highest BCUT2D eigenvalue weighted by molar-refractivity contribution is 7.99. The second kappa shape index (κ2) is 6.49. The molecule has 1 amide bonds. The number of thioether (sulfide) groups is 1. The molecule has 5 nitrogen and oxygen atoms in total. The lowest BCUT2D eigenvalue weighted by atomic mass is 9.87. The Hall–Kier alpha value is -2.59. The van der Waals surface area contributed by atoms with Crippen molar-refractivity contribution >= 4 is 23.5 Å². The van der Waals surface area contributed by atoms with Crippen LogP contribution in [0.3, 0.4) is 0 Å². The second-order valence-corrected chi connectivity index (χ2v) is 6.32. The third kappa shape index (κ3) is 2.93. The van der Waals surface area contributed by atoms with E-state index < -0.39 is 17.3 Å². The van der Waals surface area contributed by atoms with Gasteiger partial charge >= 0.3 is 0 Å². The van der Waals surface area contributed by atoms with Crippen LogP contribution < -0.4 is 10.9 Å². The van der Waals surface area contributed by atoms with Gasteiger partial charge in [-0.2, -0.15) is 4.98 Å². The zero-order valence-electron chi connectivity index (χ0n) is 12.9. The van der Waals surface area contributed by atoms with Gasteiger partial charge in [0.15, 0.2) is 5.16 Å². The van der Waals surface area contributed by atoms with E-state index in [4.69, 9.17) is 6.42 Å². The zero-order chi connectivity index (χ0) is 17.3. The molecular weight excluding hydrogens is 329 g/mol. The number of rotatable bonds is 3. The van der Waals surface area contributed by atoms with Gasteiger partial charge in [-0.05, 0) is 17.7 Å². The molecule has 0 spiro atoms. The maximum Gasteiger partial charge on any atom is 0.279 e. The topological polar surface area (TPSA) is 64.0 Å². The van der Waals surface area contributed by atoms with Crippen LogP contribution in [-0.2, 0) is 11.8 Å². The standard InChI is InChI=1S/C17H14FN3O2S/c1-3-7-24-17-20-16(23)14-12(10-5-4-6-11(18)8-10)9-13(22)19-15(14)21(17)2/h1,4-6,8,12H,7,9H2,2H3,(H,19,22). The Morgan fingerprint density at radius 2 is 2.29 bits per heavy atom. The molecule has 3 rings (SSSR count). The van der Waals surface area contributed by atoms with Gasteiger partial charge in [-0.15, -0.1) is 6.42 Å². The lowest BCUT2D eigenvalue weighted by molar-refractivity contribution is -0.116. The monoisotopic (exact) mass is 343 g/mol. The number of nitrogens with zero attached hydrogens (tertiary/aromatic N) is 2. The molecule has 1 aliphatic rings. The maximum atomic E-state index is 13.6. The number of aromatic nitrogens is 2. The summed E-state index contributed by atoms with van der Waals surface area (Å²) in [6.07, 6.45) is 5.32. The van der Waals surface area contributed by atoms with Crippen molar-refractivity contribution in [1.29, 1.82) is 0 Å². The third-order valence-corrected chi connectivity index (χ3v) is 4.77. The summed E-state index contributed by atoms with van der Waals surface area (Å²) < 4.78 is 15.2. The van der Waals surface area contributed by atoms with E-state index in [1.54, 1.807) is 23.7 Å². The van der Waals surface area contributed by atoms with Crippen molar-refractivity contribution < 1.29 is 9.18 Å². The Morgan fingerprint density at radius 3 is 3.00 bits per heavy atom. The van der Waals surface area contributed by atoms with Crippen LogP contribution >= 0.6 is 11.8 Å². The van der Waals surface area contributed by atoms with Gasteiger partial charge < -0.3 is 9.88 Å². The normalized spacial score (nSPS) is 16.2. The molecule has 1 unspecified atom stereocenters. The zero-order valence-corrected chi connectivity index (χ0v) is 13.7. The number of amides is 1. The number of nitrogens with one attached hydrogen (secondary N) is 1. The summed E-state index contributed by atoms with van der Waals surface area (Å²) >= 11 is 1.24. The number of fused-ring (bicyclic) bond motifs is 1. The fourth-order valence-corrected chi connectivity index (χ4v) is 3.42. The van der Waals surface area contributed by atoms with Gasteiger partial charge in [0.2, 0.25) is 5.91 Å². The minimum Gasteiger partial charge on any atom is -0.312 e. The van der Waals surface area contributed by atoms with E-state index in [0.29, 0.717) is 27.9 Å². The molecule has 2 aromatic rings. The van der Waals surface area contributed by atoms with E-state index in [2.05, 4.69) is 16.2 Å². The van der Waals surface area contributed by atoms with Gasteiger partial charge in [0, 0.05) is 19.4 Å². The largest absolute Gasteiger partial charge is 0.312 e. The SMILES string of the molecule is C#CCSc1nc(=O)c2c(n1C)NC(=O)CC2c1cccc(F)c1. The summed E-state index contributed by atoms with van der Waals surface area (Å²) in [4.78, 5) is 28.7. The number of halogens is 1. The van der Waals surface area contributed by atoms with Crippen LogP contribution in [0.1, 0.15) is 23.5 Å². The Morgan fingerprint density at radius 1 is 1.50 bits per heavy atom. The van der Waals surface area contributed by atoms with Gasteiger partial charge in [0.25, 0.3) is 5.56 Å². The predicted molar refractivity (Wildman–Crippen MR) is 90.5 cm³/mol. The number of carbonyl (C=O) groups excluding carboxylic acids is 1. The van der Waals surface area contributed by atoms with Crippen LogP contribution in [-0.4, -0.2) is 21.2 Å². The molecule has 0 radical (unpaired) electrons. The van der Waals surface area contributed by atoms with Gasteiger partial charge in [-0.25, -0.2) is 4.39 Å². The molecule has 1 aliphatic heterocycles. The molecule has 1 aromatic heterocycles. The molecule has 122 valence electrons. The summed E-state index contributed by atoms with van der Waals surface area (Å²) in [5, 5.41) is 3.15. The number of hydrogen-bond acceptors (Lipinski definition) is 4. The first kappa shape index (κ1) is 16.3. The van der Waals surface area contributed by atoms with Crippen LogP contribution in [0.15, 0.2) is 34.2 Å². The van der Waals surface area contributed by atoms with Crippen molar-refractivity contribution in [2.45, 2.75) is 17.5 Å². The summed E-state index contributed by atoms with van der Waals surface area (Å²) in [7, 11) is 1.71. The minimum atomic E-state index is -0.526. The van der Waals surface area contributed by atoms with E-state index in [0.717, 1.165) is 0 Å². The highest BCUT2D eigenvalue weighted by Gasteiger charge is 2.32. The second-order valence-electron chi connectivity index (χ2n) is 5.37. The quantitative estimate of drug-likeness (QED) is 0.527. The van der Waals surface area contributed by atoms with E-state index in [-0.39, 0.29) is 12.3 Å². The van der Waals surface area contributed by atoms with Crippen LogP contribution in [0.4, 0.5) is 10.2 Å². The summed E-state index contributed by atoms with van der Waals surface area (Å²) in [5.74, 6) is 2.05. The average molecular weight is 343 g/mol. The molecule has 1 atom stereocenters. The molecule has 0 saturated heterocycles. The highest BCUT2D eigenvalue weighted by Crippen LogP contribution is 2.35. The molecule has 24 heavy (non-hydrogen) atoms. The van der Waals surface area contributed by atoms with E-state index in [1.807, 2.05) is 0 Å². The van der Waals surface area contributed by atoms with Crippen molar-refractivity contribution in [3.05, 3.63) is 51.6 Å². The van der Waals surface area contributed by atoms with Crippen molar-refractivity contribution in [3.8, 4) is 12.3 Å². The molecule has 0 bridgehead atoms. The van der Waals surface area contributed by atoms with Gasteiger partial charge in [-0.3, -0.25) is 9.59 Å². The molecule has 1 N–H and O–H groups in total. The van der Waals surface area contributed by atoms with Gasteiger partial charge in [-0.1, -0.05) is 29.8 Å². The fourth-order valence-electron chi connectivity index (χ4n) is 2.78. The van der Waals surface area contributed by atoms with Crippen molar-refractivity contribution in [1.82, 2.24) is 9.55 Å². The van der Waals surface area contributed by atoms with Crippen LogP contribution in [0.2, 0.25) is 0 Å². The smallest absolute Gasteiger partial charge is 0.279 e. The summed E-state index contributed by atoms with van der Waals surface area (Å²) in [5.41, 5.74) is 0.513. The average Bonchev–Trinajstić information content (AvgIpc) is 2.56. The molecule has 1 aromatic carbocycles. The molecule has 0 aliphatic carbocycles. The number of anilines is 1. The van der Waals surface area contributed by atoms with E-state index >= 15 is 0 Å². The summed E-state index contributed by atoms with van der Waals surface area (Å²) in [6, 6.07) is 5.93. The molecule has 0 fully saturated rings. The molecular formula is C17H14FN3O2S. The first-order valence-corrected chi connectivity index (χ1v) is 8.22. The number of terminal acetylenes is 1. The van der Waals surface area contributed by atoms with E-state index in [9.17, 15) is 14.0 Å². The third-order valence-electron chi connectivity index (χ3n) is 3.84. The number of hydrogen-bond donors (Lipinski definition) is 1. The number of carbonyl (C=O) groups is 1. The molecule has 0 saturated carbocycles. The van der Waals surface area contributed by atoms with Crippen LogP contribution in [0, 0.1) is 18.2 Å². The van der Waals surface area contributed by atoms with Gasteiger partial charge in [0.05, 0.1) is 11.3 Å².